The number of carbonyl (C=O) groups excluding carboxylic acids is 1. The summed E-state index contributed by atoms with van der Waals surface area (Å²) in [5.41, 5.74) is 3.19. The van der Waals surface area contributed by atoms with Crippen LogP contribution in [0.3, 0.4) is 0 Å². The highest BCUT2D eigenvalue weighted by Gasteiger charge is 2.30. The van der Waals surface area contributed by atoms with Crippen molar-refractivity contribution in [3.8, 4) is 21.8 Å². The van der Waals surface area contributed by atoms with Crippen LogP contribution in [0.25, 0.3) is 32.7 Å². The number of amides is 1. The van der Waals surface area contributed by atoms with Gasteiger partial charge in [-0.05, 0) is 31.9 Å². The molecule has 0 bridgehead atoms. The number of thiazole rings is 1. The zero-order valence-corrected chi connectivity index (χ0v) is 22.6. The summed E-state index contributed by atoms with van der Waals surface area (Å²) in [5, 5.41) is 1.42. The predicted octanol–water partition coefficient (Wildman–Crippen LogP) is 6.36. The molecule has 38 heavy (non-hydrogen) atoms. The number of carbonyl (C=O) groups is 1. The van der Waals surface area contributed by atoms with Gasteiger partial charge in [-0.15, -0.1) is 11.3 Å². The van der Waals surface area contributed by atoms with E-state index in [-0.39, 0.29) is 17.2 Å². The summed E-state index contributed by atoms with van der Waals surface area (Å²) in [6.45, 7) is 8.94. The van der Waals surface area contributed by atoms with Gasteiger partial charge >= 0.3 is 0 Å². The van der Waals surface area contributed by atoms with Crippen molar-refractivity contribution in [2.45, 2.75) is 59.0 Å². The van der Waals surface area contributed by atoms with Crippen LogP contribution in [0.15, 0.2) is 30.5 Å². The number of nitrogens with zero attached hydrogens (tertiary/aromatic N) is 5. The van der Waals surface area contributed by atoms with E-state index in [1.54, 1.807) is 17.2 Å². The standard InChI is InChI=1S/C26H25F2N5O2S.C2H6/c1-15-29-12-22(36-15)24-19(25(27)28)11-18-17(3-2-4-20(18)30-24)23-21-13-32(14-34)7-8-33(21)26(31-23)16-5-9-35-10-6-16;1-2/h2-4,11-12,14,16,25H,5-10,13H2,1H3;1-2H3. The second-order valence-corrected chi connectivity index (χ2v) is 10.5. The van der Waals surface area contributed by atoms with Gasteiger partial charge in [0.05, 0.1) is 39.0 Å². The molecule has 7 nitrogen and oxygen atoms in total. The molecule has 0 unspecified atom stereocenters. The predicted molar refractivity (Wildman–Crippen MR) is 144 cm³/mol. The van der Waals surface area contributed by atoms with Gasteiger partial charge in [-0.25, -0.2) is 23.7 Å². The van der Waals surface area contributed by atoms with Gasteiger partial charge in [-0.3, -0.25) is 4.79 Å². The van der Waals surface area contributed by atoms with E-state index >= 15 is 0 Å². The Morgan fingerprint density at radius 3 is 2.61 bits per heavy atom. The average molecular weight is 540 g/mol. The Kier molecular flexibility index (Phi) is 7.80. The Hall–Kier alpha value is -3.24. The van der Waals surface area contributed by atoms with E-state index in [4.69, 9.17) is 9.72 Å². The number of imidazole rings is 1. The minimum absolute atomic E-state index is 0.120. The van der Waals surface area contributed by atoms with E-state index < -0.39 is 6.43 Å². The Bertz CT molecular complexity index is 1440. The van der Waals surface area contributed by atoms with E-state index in [1.165, 1.54) is 11.3 Å². The molecule has 1 fully saturated rings. The van der Waals surface area contributed by atoms with Crippen molar-refractivity contribution in [1.29, 1.82) is 0 Å². The van der Waals surface area contributed by atoms with Crippen LogP contribution < -0.4 is 0 Å². The number of hydrogen-bond acceptors (Lipinski definition) is 6. The van der Waals surface area contributed by atoms with E-state index in [0.717, 1.165) is 47.0 Å². The minimum Gasteiger partial charge on any atom is -0.381 e. The third-order valence-corrected chi connectivity index (χ3v) is 7.95. The van der Waals surface area contributed by atoms with Crippen LogP contribution in [-0.2, 0) is 22.6 Å². The lowest BCUT2D eigenvalue weighted by Gasteiger charge is -2.28. The molecule has 200 valence electrons. The number of fused-ring (bicyclic) bond motifs is 2. The van der Waals surface area contributed by atoms with Gasteiger partial charge in [-0.1, -0.05) is 26.0 Å². The lowest BCUT2D eigenvalue weighted by molar-refractivity contribution is -0.119. The first-order valence-corrected chi connectivity index (χ1v) is 13.9. The fourth-order valence-electron chi connectivity index (χ4n) is 5.24. The molecule has 5 heterocycles. The first-order valence-electron chi connectivity index (χ1n) is 13.0. The van der Waals surface area contributed by atoms with Crippen molar-refractivity contribution >= 4 is 28.6 Å². The van der Waals surface area contributed by atoms with Crippen molar-refractivity contribution in [1.82, 2.24) is 24.4 Å². The van der Waals surface area contributed by atoms with Crippen molar-refractivity contribution in [3.63, 3.8) is 0 Å². The van der Waals surface area contributed by atoms with E-state index in [0.29, 0.717) is 48.6 Å². The fourth-order valence-corrected chi connectivity index (χ4v) is 6.03. The highest BCUT2D eigenvalue weighted by Crippen LogP contribution is 2.40. The Morgan fingerprint density at radius 1 is 1.13 bits per heavy atom. The summed E-state index contributed by atoms with van der Waals surface area (Å²) in [7, 11) is 0. The van der Waals surface area contributed by atoms with Crippen LogP contribution in [-0.4, -0.2) is 50.6 Å². The molecule has 1 amide bonds. The zero-order valence-electron chi connectivity index (χ0n) is 21.8. The molecule has 0 spiro atoms. The average Bonchev–Trinajstić information content (AvgIpc) is 3.56. The minimum atomic E-state index is -2.69. The molecule has 0 aliphatic carbocycles. The number of alkyl halides is 2. The quantitative estimate of drug-likeness (QED) is 0.276. The molecule has 3 aromatic heterocycles. The summed E-state index contributed by atoms with van der Waals surface area (Å²) >= 11 is 1.35. The number of halogens is 2. The molecule has 1 saturated heterocycles. The number of rotatable bonds is 5. The maximum atomic E-state index is 14.3. The Balaban J connectivity index is 0.00000144. The molecule has 10 heteroatoms. The van der Waals surface area contributed by atoms with Crippen LogP contribution in [0.4, 0.5) is 8.78 Å². The maximum absolute atomic E-state index is 14.3. The van der Waals surface area contributed by atoms with Gasteiger partial charge < -0.3 is 14.2 Å². The zero-order chi connectivity index (χ0) is 26.8. The molecule has 4 aromatic rings. The third-order valence-electron chi connectivity index (χ3n) is 7.03. The van der Waals surface area contributed by atoms with Gasteiger partial charge in [0.25, 0.3) is 6.43 Å². The first-order chi connectivity index (χ1) is 18.5. The molecule has 6 rings (SSSR count). The van der Waals surface area contributed by atoms with Crippen molar-refractivity contribution in [2.75, 3.05) is 19.8 Å². The monoisotopic (exact) mass is 539 g/mol. The topological polar surface area (TPSA) is 73.1 Å². The summed E-state index contributed by atoms with van der Waals surface area (Å²) < 4.78 is 36.3. The molecule has 2 aliphatic rings. The van der Waals surface area contributed by atoms with Crippen molar-refractivity contribution < 1.29 is 18.3 Å². The second kappa shape index (κ2) is 11.2. The maximum Gasteiger partial charge on any atom is 0.266 e. The Morgan fingerprint density at radius 2 is 1.92 bits per heavy atom. The molecular formula is C28H31F2N5O2S. The van der Waals surface area contributed by atoms with Crippen LogP contribution in [0.5, 0.6) is 0 Å². The smallest absolute Gasteiger partial charge is 0.266 e. The van der Waals surface area contributed by atoms with Crippen molar-refractivity contribution in [3.05, 3.63) is 52.6 Å². The SMILES string of the molecule is CC.Cc1ncc(-c2nc3cccc(-c4nc(C5CCOCC5)n5c4CN(C=O)CC5)c3cc2C(F)F)s1. The number of pyridine rings is 1. The number of aromatic nitrogens is 4. The van der Waals surface area contributed by atoms with Gasteiger partial charge in [0.1, 0.15) is 5.82 Å². The van der Waals surface area contributed by atoms with E-state index in [1.807, 2.05) is 39.0 Å². The first kappa shape index (κ1) is 26.4. The highest BCUT2D eigenvalue weighted by atomic mass is 32.1. The lowest BCUT2D eigenvalue weighted by atomic mass is 9.99. The summed E-state index contributed by atoms with van der Waals surface area (Å²) in [5.74, 6) is 1.25. The molecular weight excluding hydrogens is 508 g/mol. The van der Waals surface area contributed by atoms with Crippen LogP contribution in [0.2, 0.25) is 0 Å². The normalized spacial score (nSPS) is 15.9. The summed E-state index contributed by atoms with van der Waals surface area (Å²) in [6.07, 6.45) is 1.54. The van der Waals surface area contributed by atoms with E-state index in [9.17, 15) is 13.6 Å². The number of ether oxygens (including phenoxy) is 1. The second-order valence-electron chi connectivity index (χ2n) is 9.22. The van der Waals surface area contributed by atoms with Crippen molar-refractivity contribution in [2.24, 2.45) is 0 Å². The van der Waals surface area contributed by atoms with Crippen LogP contribution >= 0.6 is 11.3 Å². The molecule has 1 aromatic carbocycles. The number of aryl methyl sites for hydroxylation is 1. The molecule has 2 aliphatic heterocycles. The highest BCUT2D eigenvalue weighted by molar-refractivity contribution is 7.15. The van der Waals surface area contributed by atoms with Crippen LogP contribution in [0.1, 0.15) is 61.1 Å². The lowest BCUT2D eigenvalue weighted by Crippen LogP contribution is -2.33. The largest absolute Gasteiger partial charge is 0.381 e. The van der Waals surface area contributed by atoms with E-state index in [2.05, 4.69) is 14.5 Å². The van der Waals surface area contributed by atoms with Crippen LogP contribution in [0, 0.1) is 6.92 Å². The summed E-state index contributed by atoms with van der Waals surface area (Å²) in [6, 6.07) is 7.18. The number of hydrogen-bond donors (Lipinski definition) is 0. The number of benzene rings is 1. The van der Waals surface area contributed by atoms with Gasteiger partial charge in [0.2, 0.25) is 6.41 Å². The van der Waals surface area contributed by atoms with Gasteiger partial charge in [0.15, 0.2) is 0 Å². The third kappa shape index (κ3) is 4.82. The van der Waals surface area contributed by atoms with Gasteiger partial charge in [0, 0.05) is 54.9 Å². The molecule has 0 saturated carbocycles. The molecule has 0 atom stereocenters. The summed E-state index contributed by atoms with van der Waals surface area (Å²) in [4.78, 5) is 28.0. The van der Waals surface area contributed by atoms with Gasteiger partial charge in [-0.2, -0.15) is 0 Å². The Labute approximate surface area is 224 Å². The molecule has 0 N–H and O–H groups in total. The molecule has 0 radical (unpaired) electrons. The fraction of sp³-hybridized carbons (Fsp3) is 0.429.